The monoisotopic (exact) mass is 1020 g/mol. The quantitative estimate of drug-likeness (QED) is 0.117. The van der Waals surface area contributed by atoms with Gasteiger partial charge in [0, 0.05) is 12.6 Å². The maximum Gasteiger partial charge on any atom is 0.0231 e. The fourth-order valence-corrected chi connectivity index (χ4v) is 46.7. The average Bonchev–Trinajstić information content (AvgIpc) is 4.20. The van der Waals surface area contributed by atoms with Crippen molar-refractivity contribution in [3.63, 3.8) is 0 Å². The van der Waals surface area contributed by atoms with Crippen LogP contribution in [0.4, 0.5) is 0 Å². The number of hydrogen-bond acceptors (Lipinski definition) is 1. The molecule has 0 aliphatic carbocycles. The molecule has 0 aromatic rings. The van der Waals surface area contributed by atoms with E-state index in [9.17, 15) is 0 Å². The van der Waals surface area contributed by atoms with Crippen LogP contribution in [0.3, 0.4) is 0 Å². The van der Waals surface area contributed by atoms with Gasteiger partial charge in [0.1, 0.15) is 0 Å². The highest BCUT2D eigenvalue weighted by Gasteiger charge is 2.45. The summed E-state index contributed by atoms with van der Waals surface area (Å²) >= 11 is 0. The average molecular weight is 1020 g/mol. The van der Waals surface area contributed by atoms with Gasteiger partial charge in [0.15, 0.2) is 0 Å². The van der Waals surface area contributed by atoms with E-state index in [0.717, 1.165) is 79.2 Å². The van der Waals surface area contributed by atoms with E-state index in [0.29, 0.717) is 31.7 Å². The van der Waals surface area contributed by atoms with Gasteiger partial charge in [0.2, 0.25) is 0 Å². The Morgan fingerprint density at radius 3 is 0.703 bits per heavy atom. The van der Waals surface area contributed by atoms with Crippen LogP contribution in [-0.4, -0.2) is 108 Å². The minimum Gasteiger partial charge on any atom is -0.273 e. The summed E-state index contributed by atoms with van der Waals surface area (Å²) < 4.78 is 3.29. The predicted octanol–water partition coefficient (Wildman–Crippen LogP) is 21.3. The van der Waals surface area contributed by atoms with Crippen LogP contribution in [0, 0.1) is 0 Å². The lowest BCUT2D eigenvalue weighted by molar-refractivity contribution is 0.588. The molecule has 7 heterocycles. The summed E-state index contributed by atoms with van der Waals surface area (Å²) in [4.78, 5) is 0. The zero-order chi connectivity index (χ0) is 46.5. The summed E-state index contributed by atoms with van der Waals surface area (Å²) in [6, 6.07) is 0. The van der Waals surface area contributed by atoms with Crippen LogP contribution in [0.2, 0.25) is 0 Å². The van der Waals surface area contributed by atoms with E-state index in [1.54, 1.807) is 63.2 Å². The van der Waals surface area contributed by atoms with Gasteiger partial charge < -0.3 is 0 Å². The summed E-state index contributed by atoms with van der Waals surface area (Å²) in [7, 11) is 2.10. The van der Waals surface area contributed by atoms with Crippen molar-refractivity contribution in [2.24, 2.45) is 0 Å². The molecule has 0 unspecified atom stereocenters. The molecule has 0 radical (unpaired) electrons. The number of hydrogen-bond donors (Lipinski definition) is 0. The van der Waals surface area contributed by atoms with Gasteiger partial charge in [-0.1, -0.05) is 144 Å². The normalized spacial score (nSPS) is 38.5. The van der Waals surface area contributed by atoms with Crippen molar-refractivity contribution < 1.29 is 0 Å². The lowest BCUT2D eigenvalue weighted by Crippen LogP contribution is -2.29. The van der Waals surface area contributed by atoms with Gasteiger partial charge in [-0.15, -0.1) is 0 Å². The molecule has 0 bridgehead atoms. The van der Waals surface area contributed by atoms with Gasteiger partial charge in [0.05, 0.1) is 0 Å². The molecule has 0 aromatic heterocycles. The number of nitrogens with zero attached hydrogens (tertiary/aromatic N) is 1. The standard InChI is InChI=1S/C26H52NP3.C17H34P2.C13H26P2/c1-7-21-13-14-22(8-2)28(21)19-27(30-25(11-5)17-18-26(30)12-6)20-29-23(9-3)15-16-24(29)10-4;1-5-14-9-10-15(6-2)18(14)13-19-16(7-3)11-12-17(19)8-4;1-10-5-6-11(2)14(10)9-15-12(3)7-8-13(15)4/h21-26H,7-20H2,1-6H3;14-17H,5-13H2,1-4H3;10-13H,5-9H2,1-4H3/t21-,22-,23-,24-,25-,26-;14-,15-,16-,17-;10-,11-,12-,13-/m111/s1. The third-order valence-electron chi connectivity index (χ3n) is 19.3. The molecule has 64 heavy (non-hydrogen) atoms. The highest BCUT2D eigenvalue weighted by molar-refractivity contribution is 7.76. The van der Waals surface area contributed by atoms with E-state index in [-0.39, 0.29) is 23.9 Å². The largest absolute Gasteiger partial charge is 0.273 e. The molecule has 1 nitrogen and oxygen atoms in total. The lowest BCUT2D eigenvalue weighted by atomic mass is 10.1. The van der Waals surface area contributed by atoms with Crippen molar-refractivity contribution in [1.29, 1.82) is 0 Å². The van der Waals surface area contributed by atoms with Crippen LogP contribution in [0.1, 0.15) is 251 Å². The molecule has 0 aromatic carbocycles. The molecule has 7 aliphatic rings. The molecule has 0 spiro atoms. The van der Waals surface area contributed by atoms with Gasteiger partial charge in [-0.25, -0.2) is 0 Å². The Hall–Kier alpha value is 2.97. The smallest absolute Gasteiger partial charge is 0.0231 e. The first-order valence-electron chi connectivity index (χ1n) is 29.0. The minimum absolute atomic E-state index is 0.102. The fourth-order valence-electron chi connectivity index (χ4n) is 14.7. The second-order valence-corrected chi connectivity index (χ2v) is 43.7. The Morgan fingerprint density at radius 2 is 0.469 bits per heavy atom. The second kappa shape index (κ2) is 29.6. The van der Waals surface area contributed by atoms with E-state index in [1.807, 2.05) is 0 Å². The molecule has 7 fully saturated rings. The molecular formula is C56H112NP7. The Bertz CT molecular complexity index is 1110. The summed E-state index contributed by atoms with van der Waals surface area (Å²) in [6.45, 7) is 34.9. The summed E-state index contributed by atoms with van der Waals surface area (Å²) in [5, 5.41) is 0. The van der Waals surface area contributed by atoms with Gasteiger partial charge in [-0.2, -0.15) is 0 Å². The van der Waals surface area contributed by atoms with Crippen molar-refractivity contribution in [2.45, 2.75) is 330 Å². The minimum atomic E-state index is 0.102. The molecule has 8 heteroatoms. The molecule has 0 N–H and O–H groups in total. The third kappa shape index (κ3) is 14.8. The molecule has 7 aliphatic heterocycles. The zero-order valence-electron chi connectivity index (χ0n) is 45.5. The molecular weight excluding hydrogens is 903 g/mol. The zero-order valence-corrected chi connectivity index (χ0v) is 51.7. The summed E-state index contributed by atoms with van der Waals surface area (Å²) in [6.07, 6.45) is 39.3. The summed E-state index contributed by atoms with van der Waals surface area (Å²) in [5.41, 5.74) is 15.3. The molecule has 0 saturated carbocycles. The third-order valence-corrected chi connectivity index (χ3v) is 48.0. The van der Waals surface area contributed by atoms with Crippen LogP contribution in [0.5, 0.6) is 0 Å². The highest BCUT2D eigenvalue weighted by Crippen LogP contribution is 2.72. The summed E-state index contributed by atoms with van der Waals surface area (Å²) in [5.74, 6) is 3.37. The molecule has 376 valence electrons. The Labute approximate surface area is 412 Å². The van der Waals surface area contributed by atoms with E-state index < -0.39 is 0 Å². The van der Waals surface area contributed by atoms with Gasteiger partial charge in [0.25, 0.3) is 0 Å². The van der Waals surface area contributed by atoms with Crippen LogP contribution < -0.4 is 0 Å². The molecule has 7 rings (SSSR count). The van der Waals surface area contributed by atoms with Crippen molar-refractivity contribution in [1.82, 2.24) is 4.67 Å². The van der Waals surface area contributed by atoms with Crippen molar-refractivity contribution in [2.75, 3.05) is 24.4 Å². The first kappa shape index (κ1) is 57.9. The topological polar surface area (TPSA) is 3.24 Å². The number of rotatable bonds is 19. The van der Waals surface area contributed by atoms with Crippen LogP contribution >= 0.6 is 55.6 Å². The van der Waals surface area contributed by atoms with Crippen LogP contribution in [-0.2, 0) is 0 Å². The first-order valence-corrected chi connectivity index (χ1v) is 40.4. The van der Waals surface area contributed by atoms with Crippen LogP contribution in [0.15, 0.2) is 0 Å². The predicted molar refractivity (Wildman–Crippen MR) is 313 cm³/mol. The van der Waals surface area contributed by atoms with Crippen LogP contribution in [0.25, 0.3) is 0 Å². The van der Waals surface area contributed by atoms with E-state index in [2.05, 4.69) is 102 Å². The van der Waals surface area contributed by atoms with Gasteiger partial charge in [-0.3, -0.25) is 4.67 Å². The van der Waals surface area contributed by atoms with Crippen molar-refractivity contribution in [3.8, 4) is 0 Å². The fraction of sp³-hybridized carbons (Fsp3) is 1.00. The van der Waals surface area contributed by atoms with E-state index in [1.165, 1.54) is 115 Å². The van der Waals surface area contributed by atoms with E-state index >= 15 is 0 Å². The molecule has 7 saturated heterocycles. The highest BCUT2D eigenvalue weighted by atomic mass is 31.2. The molecule has 14 atom stereocenters. The Balaban J connectivity index is 0.000000194. The van der Waals surface area contributed by atoms with Gasteiger partial charge >= 0.3 is 0 Å². The maximum atomic E-state index is 3.29. The Kier molecular flexibility index (Phi) is 26.8. The van der Waals surface area contributed by atoms with Gasteiger partial charge in [-0.05, 0) is 253 Å². The lowest BCUT2D eigenvalue weighted by Gasteiger charge is -2.43. The van der Waals surface area contributed by atoms with Crippen molar-refractivity contribution in [3.05, 3.63) is 0 Å². The maximum absolute atomic E-state index is 3.29. The Morgan fingerprint density at radius 1 is 0.266 bits per heavy atom. The SMILES string of the molecule is CC[C@@H]1CC[C@@H](CC)P1CN(CP1[C@H](CC)CC[C@H]1CC)P1[C@H](CC)CC[C@H]1CC.CC[C@@H]1CC[C@@H](CC)P1CP1[C@H](CC)CC[C@H]1CC.C[C@@H]1CC[C@@H](C)P1CP1[C@H](C)CC[C@H]1C. The van der Waals surface area contributed by atoms with E-state index in [4.69, 9.17) is 0 Å². The van der Waals surface area contributed by atoms with Crippen molar-refractivity contribution >= 4 is 55.6 Å². The molecule has 0 amide bonds. The second-order valence-electron chi connectivity index (χ2n) is 22.6. The first-order chi connectivity index (χ1) is 30.9.